The van der Waals surface area contributed by atoms with E-state index < -0.39 is 16.1 Å². The summed E-state index contributed by atoms with van der Waals surface area (Å²) in [7, 11) is -0.383. The summed E-state index contributed by atoms with van der Waals surface area (Å²) in [6, 6.07) is 22.8. The van der Waals surface area contributed by atoms with Crippen molar-refractivity contribution in [2.75, 3.05) is 20.7 Å². The number of benzene rings is 3. The Bertz CT molecular complexity index is 1290. The number of sulfonamides is 1. The van der Waals surface area contributed by atoms with Crippen molar-refractivity contribution in [3.63, 3.8) is 0 Å². The van der Waals surface area contributed by atoms with Crippen LogP contribution in [0.25, 0.3) is 0 Å². The average molecular weight is 538 g/mol. The lowest BCUT2D eigenvalue weighted by Crippen LogP contribution is -2.49. The number of nitrogens with zero attached hydrogens (tertiary/aromatic N) is 1. The Kier molecular flexibility index (Phi) is 10.4. The number of likely N-dealkylation sites (N-methyl/N-ethyl adjacent to an activating group) is 1. The summed E-state index contributed by atoms with van der Waals surface area (Å²) >= 11 is 0. The minimum absolute atomic E-state index is 0.164. The molecule has 8 nitrogen and oxygen atoms in total. The molecule has 3 aromatic carbocycles. The Morgan fingerprint density at radius 3 is 2.11 bits per heavy atom. The first-order valence-electron chi connectivity index (χ1n) is 12.5. The molecule has 0 saturated carbocycles. The molecule has 202 valence electrons. The molecule has 0 unspecified atom stereocenters. The molecule has 2 N–H and O–H groups in total. The van der Waals surface area contributed by atoms with Gasteiger partial charge < -0.3 is 15.0 Å². The van der Waals surface area contributed by atoms with Gasteiger partial charge in [0.25, 0.3) is 0 Å². The van der Waals surface area contributed by atoms with E-state index in [1.54, 1.807) is 38.1 Å². The molecule has 0 spiro atoms. The van der Waals surface area contributed by atoms with E-state index in [1.165, 1.54) is 12.1 Å². The second kappa shape index (κ2) is 13.7. The van der Waals surface area contributed by atoms with Crippen LogP contribution in [0.1, 0.15) is 30.0 Å². The fourth-order valence-corrected chi connectivity index (χ4v) is 5.19. The van der Waals surface area contributed by atoms with Crippen molar-refractivity contribution in [1.82, 2.24) is 14.9 Å². The lowest BCUT2D eigenvalue weighted by molar-refractivity contribution is -0.141. The van der Waals surface area contributed by atoms with Crippen molar-refractivity contribution < 1.29 is 22.7 Å². The van der Waals surface area contributed by atoms with E-state index in [0.717, 1.165) is 16.7 Å². The van der Waals surface area contributed by atoms with Crippen LogP contribution in [0.5, 0.6) is 5.75 Å². The van der Waals surface area contributed by atoms with Gasteiger partial charge in [0.15, 0.2) is 0 Å². The summed E-state index contributed by atoms with van der Waals surface area (Å²) in [5.74, 6) is 0.293. The largest absolute Gasteiger partial charge is 0.497 e. The highest BCUT2D eigenvalue weighted by atomic mass is 32.2. The third-order valence-corrected chi connectivity index (χ3v) is 7.79. The van der Waals surface area contributed by atoms with Crippen molar-refractivity contribution >= 4 is 21.8 Å². The van der Waals surface area contributed by atoms with E-state index in [4.69, 9.17) is 4.74 Å². The predicted molar refractivity (Wildman–Crippen MR) is 147 cm³/mol. The number of hydrogen-bond acceptors (Lipinski definition) is 5. The van der Waals surface area contributed by atoms with Gasteiger partial charge in [0.05, 0.1) is 12.0 Å². The van der Waals surface area contributed by atoms with Gasteiger partial charge in [-0.15, -0.1) is 0 Å². The molecule has 9 heteroatoms. The smallest absolute Gasteiger partial charge is 0.242 e. The fraction of sp³-hybridized carbons (Fsp3) is 0.310. The van der Waals surface area contributed by atoms with Crippen LogP contribution in [0.4, 0.5) is 0 Å². The first kappa shape index (κ1) is 28.9. The maximum Gasteiger partial charge on any atom is 0.242 e. The SMILES string of the molecule is CCNS(=O)(=O)c1ccc(CCC(=O)N(Cc2ccc(OC)cc2)[C@@H](Cc2ccccc2)C(=O)NC)cc1. The van der Waals surface area contributed by atoms with Gasteiger partial charge in [-0.05, 0) is 47.4 Å². The number of rotatable bonds is 13. The van der Waals surface area contributed by atoms with Crippen LogP contribution in [0.2, 0.25) is 0 Å². The van der Waals surface area contributed by atoms with Gasteiger partial charge in [-0.3, -0.25) is 9.59 Å². The van der Waals surface area contributed by atoms with Gasteiger partial charge in [0, 0.05) is 33.0 Å². The number of methoxy groups -OCH3 is 1. The molecule has 0 aliphatic carbocycles. The molecule has 38 heavy (non-hydrogen) atoms. The topological polar surface area (TPSA) is 105 Å². The Morgan fingerprint density at radius 1 is 0.895 bits per heavy atom. The maximum atomic E-state index is 13.6. The number of aryl methyl sites for hydroxylation is 1. The van der Waals surface area contributed by atoms with Gasteiger partial charge in [-0.2, -0.15) is 0 Å². The molecule has 0 heterocycles. The van der Waals surface area contributed by atoms with Gasteiger partial charge in [0.2, 0.25) is 21.8 Å². The fourth-order valence-electron chi connectivity index (χ4n) is 4.15. The number of ether oxygens (including phenoxy) is 1. The highest BCUT2D eigenvalue weighted by Crippen LogP contribution is 2.19. The molecule has 1 atom stereocenters. The summed E-state index contributed by atoms with van der Waals surface area (Å²) in [6.07, 6.45) is 0.947. The zero-order valence-electron chi connectivity index (χ0n) is 22.0. The highest BCUT2D eigenvalue weighted by molar-refractivity contribution is 7.89. The normalized spacial score (nSPS) is 12.0. The molecule has 0 fully saturated rings. The van der Waals surface area contributed by atoms with Crippen LogP contribution >= 0.6 is 0 Å². The molecule has 0 aliphatic rings. The van der Waals surface area contributed by atoms with Gasteiger partial charge in [-0.25, -0.2) is 13.1 Å². The predicted octanol–water partition coefficient (Wildman–Crippen LogP) is 3.31. The van der Waals surface area contributed by atoms with Crippen LogP contribution in [-0.4, -0.2) is 51.9 Å². The average Bonchev–Trinajstić information content (AvgIpc) is 2.94. The molecular weight excluding hydrogens is 502 g/mol. The first-order chi connectivity index (χ1) is 18.3. The van der Waals surface area contributed by atoms with E-state index >= 15 is 0 Å². The monoisotopic (exact) mass is 537 g/mol. The molecule has 2 amide bonds. The lowest BCUT2D eigenvalue weighted by Gasteiger charge is -2.31. The van der Waals surface area contributed by atoms with E-state index in [2.05, 4.69) is 10.0 Å². The summed E-state index contributed by atoms with van der Waals surface area (Å²) in [5.41, 5.74) is 2.66. The van der Waals surface area contributed by atoms with Crippen LogP contribution in [0.3, 0.4) is 0 Å². The van der Waals surface area contributed by atoms with Gasteiger partial charge >= 0.3 is 0 Å². The molecule has 0 aliphatic heterocycles. The Morgan fingerprint density at radius 2 is 1.53 bits per heavy atom. The van der Waals surface area contributed by atoms with Crippen LogP contribution in [0.15, 0.2) is 83.8 Å². The molecule has 3 aromatic rings. The molecule has 0 saturated heterocycles. The number of amides is 2. The first-order valence-corrected chi connectivity index (χ1v) is 14.0. The number of nitrogens with one attached hydrogen (secondary N) is 2. The second-order valence-electron chi connectivity index (χ2n) is 8.83. The zero-order chi connectivity index (χ0) is 27.5. The Labute approximate surface area is 225 Å². The minimum Gasteiger partial charge on any atom is -0.497 e. The maximum absolute atomic E-state index is 13.6. The molecule has 3 rings (SSSR count). The lowest BCUT2D eigenvalue weighted by atomic mass is 10.0. The standard InChI is InChI=1S/C29H35N3O5S/c1-4-31-38(35,36)26-17-12-22(13-18-26)14-19-28(33)32(21-24-10-15-25(37-3)16-11-24)27(29(34)30-2)20-23-8-6-5-7-9-23/h5-13,15-18,27,31H,4,14,19-21H2,1-3H3,(H,30,34)/t27-/m0/s1. The summed E-state index contributed by atoms with van der Waals surface area (Å²) in [6.45, 7) is 2.28. The molecule has 0 aromatic heterocycles. The van der Waals surface area contributed by atoms with Crippen molar-refractivity contribution in [3.05, 3.63) is 95.6 Å². The quantitative estimate of drug-likeness (QED) is 0.348. The second-order valence-corrected chi connectivity index (χ2v) is 10.6. The van der Waals surface area contributed by atoms with Crippen molar-refractivity contribution in [3.8, 4) is 5.75 Å². The van der Waals surface area contributed by atoms with Crippen molar-refractivity contribution in [2.24, 2.45) is 0 Å². The van der Waals surface area contributed by atoms with Gasteiger partial charge in [0.1, 0.15) is 11.8 Å². The Hall–Kier alpha value is -3.69. The third kappa shape index (κ3) is 7.90. The summed E-state index contributed by atoms with van der Waals surface area (Å²) in [4.78, 5) is 28.4. The molecular formula is C29H35N3O5S. The third-order valence-electron chi connectivity index (χ3n) is 6.23. The number of hydrogen-bond donors (Lipinski definition) is 2. The zero-order valence-corrected chi connectivity index (χ0v) is 22.8. The van der Waals surface area contributed by atoms with Crippen LogP contribution < -0.4 is 14.8 Å². The van der Waals surface area contributed by atoms with E-state index in [1.807, 2.05) is 54.6 Å². The van der Waals surface area contributed by atoms with Crippen LogP contribution in [-0.2, 0) is 39.0 Å². The van der Waals surface area contributed by atoms with Crippen molar-refractivity contribution in [1.29, 1.82) is 0 Å². The molecule has 0 bridgehead atoms. The van der Waals surface area contributed by atoms with E-state index in [0.29, 0.717) is 25.1 Å². The number of carbonyl (C=O) groups is 2. The Balaban J connectivity index is 1.83. The van der Waals surface area contributed by atoms with E-state index in [9.17, 15) is 18.0 Å². The summed E-state index contributed by atoms with van der Waals surface area (Å²) in [5, 5.41) is 2.71. The number of carbonyl (C=O) groups excluding carboxylic acids is 2. The van der Waals surface area contributed by atoms with E-state index in [-0.39, 0.29) is 29.7 Å². The van der Waals surface area contributed by atoms with Crippen molar-refractivity contribution in [2.45, 2.75) is 43.7 Å². The summed E-state index contributed by atoms with van der Waals surface area (Å²) < 4.78 is 32.1. The van der Waals surface area contributed by atoms with Crippen LogP contribution in [0, 0.1) is 0 Å². The minimum atomic E-state index is -3.54. The highest BCUT2D eigenvalue weighted by Gasteiger charge is 2.29. The molecule has 0 radical (unpaired) electrons. The van der Waals surface area contributed by atoms with Gasteiger partial charge in [-0.1, -0.05) is 61.5 Å².